The summed E-state index contributed by atoms with van der Waals surface area (Å²) in [7, 11) is 0. The molecule has 1 N–H and O–H groups in total. The fourth-order valence-electron chi connectivity index (χ4n) is 3.77. The van der Waals surface area contributed by atoms with Crippen LogP contribution in [0.15, 0.2) is 9.21 Å². The summed E-state index contributed by atoms with van der Waals surface area (Å²) in [5, 5.41) is 3.50. The summed E-state index contributed by atoms with van der Waals surface area (Å²) in [5.41, 5.74) is 0.144. The number of ether oxygens (including phenoxy) is 1. The third-order valence-corrected chi connectivity index (χ3v) is 6.92. The molecule has 2 aromatic rings. The first-order valence-corrected chi connectivity index (χ1v) is 13.2. The maximum absolute atomic E-state index is 12.9. The highest BCUT2D eigenvalue weighted by molar-refractivity contribution is 7.20. The number of anilines is 1. The molecule has 0 radical (unpaired) electrons. The molecule has 32 heavy (non-hydrogen) atoms. The molecule has 0 unspecified atom stereocenters. The second-order valence-corrected chi connectivity index (χ2v) is 9.55. The maximum Gasteiger partial charge on any atom is 0.349 e. The van der Waals surface area contributed by atoms with Crippen LogP contribution in [0.5, 0.6) is 0 Å². The zero-order valence-corrected chi connectivity index (χ0v) is 21.1. The predicted molar refractivity (Wildman–Crippen MR) is 133 cm³/mol. The van der Waals surface area contributed by atoms with E-state index in [1.54, 1.807) is 6.92 Å². The lowest BCUT2D eigenvalue weighted by Gasteiger charge is -2.17. The molecule has 2 rings (SSSR count). The molecule has 0 aromatic carbocycles. The van der Waals surface area contributed by atoms with Gasteiger partial charge in [-0.05, 0) is 31.7 Å². The summed E-state index contributed by atoms with van der Waals surface area (Å²) in [6, 6.07) is 0.223. The van der Waals surface area contributed by atoms with E-state index >= 15 is 0 Å². The second kappa shape index (κ2) is 14.3. The highest BCUT2D eigenvalue weighted by Gasteiger charge is 2.23. The number of carbonyl (C=O) groups is 1. The van der Waals surface area contributed by atoms with Crippen molar-refractivity contribution in [3.8, 4) is 0 Å². The van der Waals surface area contributed by atoms with Gasteiger partial charge in [0.1, 0.15) is 21.2 Å². The summed E-state index contributed by atoms with van der Waals surface area (Å²) >= 11 is 1.22. The van der Waals surface area contributed by atoms with E-state index in [2.05, 4.69) is 31.1 Å². The third-order valence-electron chi connectivity index (χ3n) is 5.75. The van der Waals surface area contributed by atoms with Crippen LogP contribution in [0.25, 0.3) is 10.2 Å². The lowest BCUT2D eigenvalue weighted by Crippen LogP contribution is -2.18. The van der Waals surface area contributed by atoms with Crippen molar-refractivity contribution in [2.75, 3.05) is 11.9 Å². The Hall–Kier alpha value is -1.89. The average Bonchev–Trinajstić information content (AvgIpc) is 3.11. The topological polar surface area (TPSA) is 81.4 Å². The number of aryl methyl sites for hydroxylation is 1. The van der Waals surface area contributed by atoms with Crippen LogP contribution in [0.3, 0.4) is 0 Å². The molecule has 0 amide bonds. The molecule has 0 aliphatic carbocycles. The summed E-state index contributed by atoms with van der Waals surface area (Å²) in [4.78, 5) is 30.9. The number of esters is 1. The van der Waals surface area contributed by atoms with Crippen LogP contribution in [-0.4, -0.2) is 23.6 Å². The first-order chi connectivity index (χ1) is 15.5. The number of nitrogens with zero attached hydrogens (tertiary/aromatic N) is 1. The van der Waals surface area contributed by atoms with Crippen molar-refractivity contribution in [2.24, 2.45) is 0 Å². The van der Waals surface area contributed by atoms with Gasteiger partial charge in [-0.3, -0.25) is 0 Å². The van der Waals surface area contributed by atoms with E-state index in [4.69, 9.17) is 9.15 Å². The Kier molecular flexibility index (Phi) is 11.8. The van der Waals surface area contributed by atoms with Crippen molar-refractivity contribution >= 4 is 33.5 Å². The highest BCUT2D eigenvalue weighted by Crippen LogP contribution is 2.29. The predicted octanol–water partition coefficient (Wildman–Crippen LogP) is 7.24. The number of hydrogen-bond donors (Lipinski definition) is 1. The molecular formula is C25H40N2O4S. The molecule has 0 aliphatic heterocycles. The number of aromatic nitrogens is 1. The summed E-state index contributed by atoms with van der Waals surface area (Å²) in [6.07, 6.45) is 13.0. The summed E-state index contributed by atoms with van der Waals surface area (Å²) < 4.78 is 11.2. The lowest BCUT2D eigenvalue weighted by atomic mass is 10.1. The maximum atomic E-state index is 12.9. The first kappa shape index (κ1) is 26.4. The van der Waals surface area contributed by atoms with Crippen LogP contribution in [0.2, 0.25) is 0 Å². The van der Waals surface area contributed by atoms with Gasteiger partial charge in [-0.1, -0.05) is 78.6 Å². The van der Waals surface area contributed by atoms with Crippen molar-refractivity contribution in [2.45, 2.75) is 111 Å². The molecule has 0 saturated heterocycles. The number of nitrogens with one attached hydrogen (secondary N) is 1. The number of fused-ring (bicyclic) bond motifs is 1. The Morgan fingerprint density at radius 3 is 2.28 bits per heavy atom. The van der Waals surface area contributed by atoms with E-state index < -0.39 is 5.63 Å². The monoisotopic (exact) mass is 464 g/mol. The van der Waals surface area contributed by atoms with Gasteiger partial charge >= 0.3 is 11.6 Å². The molecule has 0 saturated carbocycles. The minimum atomic E-state index is -0.457. The number of hydrogen-bond acceptors (Lipinski definition) is 7. The van der Waals surface area contributed by atoms with E-state index in [1.807, 2.05) is 0 Å². The van der Waals surface area contributed by atoms with Crippen LogP contribution in [0.1, 0.15) is 113 Å². The fraction of sp³-hybridized carbons (Fsp3) is 0.720. The van der Waals surface area contributed by atoms with Crippen molar-refractivity contribution in [1.82, 2.24) is 4.98 Å². The van der Waals surface area contributed by atoms with Crippen LogP contribution in [-0.2, 0) is 4.74 Å². The number of thiophene rings is 1. The van der Waals surface area contributed by atoms with Gasteiger partial charge in [0.2, 0.25) is 0 Å². The van der Waals surface area contributed by atoms with E-state index in [1.165, 1.54) is 37.0 Å². The second-order valence-electron chi connectivity index (χ2n) is 8.55. The Labute approximate surface area is 196 Å². The smallest absolute Gasteiger partial charge is 0.349 e. The largest absolute Gasteiger partial charge is 0.458 e. The molecule has 180 valence electrons. The van der Waals surface area contributed by atoms with Gasteiger partial charge in [0, 0.05) is 6.54 Å². The molecular weight excluding hydrogens is 424 g/mol. The molecule has 7 heteroatoms. The first-order valence-electron chi connectivity index (χ1n) is 12.4. The van der Waals surface area contributed by atoms with E-state index in [-0.39, 0.29) is 18.1 Å². The van der Waals surface area contributed by atoms with Gasteiger partial charge in [-0.25, -0.2) is 9.59 Å². The fourth-order valence-corrected chi connectivity index (χ4v) is 4.82. The van der Waals surface area contributed by atoms with Gasteiger partial charge < -0.3 is 14.5 Å². The van der Waals surface area contributed by atoms with E-state index in [0.717, 1.165) is 51.4 Å². The molecule has 0 fully saturated rings. The van der Waals surface area contributed by atoms with Crippen molar-refractivity contribution < 1.29 is 13.9 Å². The van der Waals surface area contributed by atoms with Gasteiger partial charge in [0.25, 0.3) is 6.01 Å². The minimum Gasteiger partial charge on any atom is -0.458 e. The van der Waals surface area contributed by atoms with Gasteiger partial charge in [-0.2, -0.15) is 4.98 Å². The Bertz CT molecular complexity index is 882. The average molecular weight is 465 g/mol. The quantitative estimate of drug-likeness (QED) is 0.208. The molecule has 0 aliphatic rings. The zero-order chi connectivity index (χ0) is 23.3. The van der Waals surface area contributed by atoms with Crippen molar-refractivity contribution in [1.29, 1.82) is 0 Å². The Morgan fingerprint density at radius 1 is 1.00 bits per heavy atom. The standard InChI is InChI=1S/C25H40N2O4S/c1-5-8-11-12-13-14-17-26-25-27-22-20(23(28)31-25)18(4)21(32-22)24(29)30-19(15-9-6-2)16-10-7-3/h19H,5-17H2,1-4H3,(H,26,27). The number of rotatable bonds is 16. The minimum absolute atomic E-state index is 0.0778. The van der Waals surface area contributed by atoms with Crippen LogP contribution < -0.4 is 10.9 Å². The lowest BCUT2D eigenvalue weighted by molar-refractivity contribution is 0.0256. The Morgan fingerprint density at radius 2 is 1.62 bits per heavy atom. The molecule has 2 heterocycles. The Balaban J connectivity index is 2.05. The zero-order valence-electron chi connectivity index (χ0n) is 20.3. The van der Waals surface area contributed by atoms with Crippen molar-refractivity contribution in [3.63, 3.8) is 0 Å². The molecule has 0 bridgehead atoms. The summed E-state index contributed by atoms with van der Waals surface area (Å²) in [6.45, 7) is 8.96. The van der Waals surface area contributed by atoms with Gasteiger partial charge in [0.05, 0.1) is 0 Å². The number of carbonyl (C=O) groups excluding carboxylic acids is 1. The van der Waals surface area contributed by atoms with Gasteiger partial charge in [0.15, 0.2) is 0 Å². The van der Waals surface area contributed by atoms with Gasteiger partial charge in [-0.15, -0.1) is 11.3 Å². The van der Waals surface area contributed by atoms with E-state index in [0.29, 0.717) is 27.2 Å². The number of unbranched alkanes of at least 4 members (excludes halogenated alkanes) is 7. The van der Waals surface area contributed by atoms with Crippen LogP contribution in [0.4, 0.5) is 6.01 Å². The summed E-state index contributed by atoms with van der Waals surface area (Å²) in [5.74, 6) is -0.358. The van der Waals surface area contributed by atoms with Crippen molar-refractivity contribution in [3.05, 3.63) is 20.9 Å². The molecule has 6 nitrogen and oxygen atoms in total. The molecule has 0 spiro atoms. The molecule has 0 atom stereocenters. The van der Waals surface area contributed by atoms with Crippen LogP contribution in [0, 0.1) is 6.92 Å². The normalized spacial score (nSPS) is 11.4. The van der Waals surface area contributed by atoms with E-state index in [9.17, 15) is 9.59 Å². The highest BCUT2D eigenvalue weighted by atomic mass is 32.1. The van der Waals surface area contributed by atoms with Crippen LogP contribution >= 0.6 is 11.3 Å². The molecule has 2 aromatic heterocycles. The SMILES string of the molecule is CCCCCCCCNc1nc2sc(C(=O)OC(CCCC)CCCC)c(C)c2c(=O)o1. The third kappa shape index (κ3) is 7.91.